The van der Waals surface area contributed by atoms with Crippen molar-refractivity contribution in [2.24, 2.45) is 0 Å². The number of benzene rings is 2. The van der Waals surface area contributed by atoms with E-state index in [2.05, 4.69) is 28.0 Å². The van der Waals surface area contributed by atoms with Crippen LogP contribution in [0.3, 0.4) is 0 Å². The van der Waals surface area contributed by atoms with Gasteiger partial charge in [0.1, 0.15) is 11.6 Å². The first-order valence-corrected chi connectivity index (χ1v) is 12.0. The Morgan fingerprint density at radius 3 is 2.48 bits per heavy atom. The number of carbonyl (C=O) groups is 1. The topological polar surface area (TPSA) is 48.9 Å². The quantitative estimate of drug-likeness (QED) is 0.591. The first-order valence-electron chi connectivity index (χ1n) is 12.0. The summed E-state index contributed by atoms with van der Waals surface area (Å²) < 4.78 is 5.27. The molecule has 3 heterocycles. The molecule has 0 spiro atoms. The molecule has 2 aliphatic heterocycles. The number of aromatic nitrogens is 1. The number of amides is 1. The maximum Gasteiger partial charge on any atom is 0.257 e. The van der Waals surface area contributed by atoms with Crippen LogP contribution in [-0.2, 0) is 6.54 Å². The van der Waals surface area contributed by atoms with Gasteiger partial charge in [-0.25, -0.2) is 4.98 Å². The Kier molecular flexibility index (Phi) is 6.44. The average Bonchev–Trinajstić information content (AvgIpc) is 3.30. The highest BCUT2D eigenvalue weighted by atomic mass is 16.5. The number of rotatable bonds is 5. The molecule has 0 saturated carbocycles. The predicted molar refractivity (Wildman–Crippen MR) is 132 cm³/mol. The highest BCUT2D eigenvalue weighted by molar-refractivity contribution is 6.02. The van der Waals surface area contributed by atoms with Crippen molar-refractivity contribution in [2.75, 3.05) is 51.3 Å². The van der Waals surface area contributed by atoms with Crippen LogP contribution in [0.2, 0.25) is 0 Å². The number of carbonyl (C=O) groups excluding carboxylic acids is 1. The Bertz CT molecular complexity index is 1110. The summed E-state index contributed by atoms with van der Waals surface area (Å²) >= 11 is 0. The van der Waals surface area contributed by atoms with E-state index in [1.807, 2.05) is 41.3 Å². The minimum atomic E-state index is 0.112. The molecule has 2 aromatic carbocycles. The lowest BCUT2D eigenvalue weighted by atomic mass is 10.1. The highest BCUT2D eigenvalue weighted by Crippen LogP contribution is 2.28. The van der Waals surface area contributed by atoms with E-state index in [0.29, 0.717) is 0 Å². The van der Waals surface area contributed by atoms with Crippen LogP contribution >= 0.6 is 0 Å². The lowest BCUT2D eigenvalue weighted by molar-refractivity contribution is 0.0761. The second-order valence-corrected chi connectivity index (χ2v) is 9.02. The summed E-state index contributed by atoms with van der Waals surface area (Å²) in [6.45, 7) is 6.22. The Morgan fingerprint density at radius 2 is 1.70 bits per heavy atom. The van der Waals surface area contributed by atoms with Crippen LogP contribution in [0, 0.1) is 0 Å². The monoisotopic (exact) mass is 444 g/mol. The van der Waals surface area contributed by atoms with Crippen LogP contribution in [-0.4, -0.2) is 67.1 Å². The largest absolute Gasteiger partial charge is 0.497 e. The molecule has 1 aromatic heterocycles. The minimum Gasteiger partial charge on any atom is -0.497 e. The van der Waals surface area contributed by atoms with Crippen LogP contribution in [0.5, 0.6) is 5.75 Å². The van der Waals surface area contributed by atoms with Crippen molar-refractivity contribution in [3.8, 4) is 5.75 Å². The molecule has 2 aliphatic rings. The van der Waals surface area contributed by atoms with Gasteiger partial charge in [0, 0.05) is 51.2 Å². The van der Waals surface area contributed by atoms with E-state index in [4.69, 9.17) is 9.72 Å². The zero-order valence-corrected chi connectivity index (χ0v) is 19.4. The average molecular weight is 445 g/mol. The van der Waals surface area contributed by atoms with Gasteiger partial charge in [-0.3, -0.25) is 9.69 Å². The molecule has 2 fully saturated rings. The van der Waals surface area contributed by atoms with Crippen LogP contribution in [0.15, 0.2) is 54.6 Å². The van der Waals surface area contributed by atoms with Crippen LogP contribution in [0.1, 0.15) is 35.2 Å². The maximum absolute atomic E-state index is 13.7. The lowest BCUT2D eigenvalue weighted by Gasteiger charge is -2.25. The van der Waals surface area contributed by atoms with E-state index in [9.17, 15) is 4.79 Å². The molecule has 0 unspecified atom stereocenters. The summed E-state index contributed by atoms with van der Waals surface area (Å²) in [6, 6.07) is 18.4. The third-order valence-corrected chi connectivity index (χ3v) is 6.78. The van der Waals surface area contributed by atoms with Crippen LogP contribution < -0.4 is 9.64 Å². The summed E-state index contributed by atoms with van der Waals surface area (Å²) in [4.78, 5) is 25.4. The van der Waals surface area contributed by atoms with E-state index in [1.54, 1.807) is 7.11 Å². The molecule has 33 heavy (non-hydrogen) atoms. The summed E-state index contributed by atoms with van der Waals surface area (Å²) in [5.41, 5.74) is 2.97. The molecule has 0 atom stereocenters. The first kappa shape index (κ1) is 21.7. The van der Waals surface area contributed by atoms with Gasteiger partial charge in [-0.1, -0.05) is 30.3 Å². The minimum absolute atomic E-state index is 0.112. The molecular formula is C27H32N4O2. The van der Waals surface area contributed by atoms with Crippen molar-refractivity contribution in [2.45, 2.75) is 25.8 Å². The van der Waals surface area contributed by atoms with Crippen molar-refractivity contribution >= 4 is 22.6 Å². The van der Waals surface area contributed by atoms with E-state index in [1.165, 1.54) is 5.56 Å². The molecule has 172 valence electrons. The Labute approximate surface area is 195 Å². The fraction of sp³-hybridized carbons (Fsp3) is 0.407. The van der Waals surface area contributed by atoms with Crippen LogP contribution in [0.4, 0.5) is 5.82 Å². The summed E-state index contributed by atoms with van der Waals surface area (Å²) in [5, 5.41) is 1.03. The highest BCUT2D eigenvalue weighted by Gasteiger charge is 2.26. The molecule has 0 N–H and O–H groups in total. The maximum atomic E-state index is 13.7. The Morgan fingerprint density at radius 1 is 0.909 bits per heavy atom. The van der Waals surface area contributed by atoms with Crippen LogP contribution in [0.25, 0.3) is 10.9 Å². The van der Waals surface area contributed by atoms with Crippen molar-refractivity contribution < 1.29 is 9.53 Å². The third kappa shape index (κ3) is 4.81. The number of ether oxygens (including phenoxy) is 1. The molecule has 3 aromatic rings. The second-order valence-electron chi connectivity index (χ2n) is 9.02. The number of methoxy groups -OCH3 is 1. The zero-order valence-electron chi connectivity index (χ0n) is 19.4. The standard InChI is InChI=1S/C27H32N4O2/c1-33-23-11-9-21(10-12-23)20-29-13-6-16-31(18-17-29)27(32)24-19-22-7-2-3-8-25(22)28-26(24)30-14-4-5-15-30/h2-3,7-12,19H,4-6,13-18,20H2,1H3. The smallest absolute Gasteiger partial charge is 0.257 e. The Hall–Kier alpha value is -3.12. The lowest BCUT2D eigenvalue weighted by Crippen LogP contribution is -2.36. The summed E-state index contributed by atoms with van der Waals surface area (Å²) in [6.07, 6.45) is 3.29. The number of fused-ring (bicyclic) bond motifs is 1. The number of para-hydroxylation sites is 1. The molecule has 0 radical (unpaired) electrons. The van der Waals surface area contributed by atoms with Gasteiger partial charge in [-0.2, -0.15) is 0 Å². The molecule has 5 rings (SSSR count). The van der Waals surface area contributed by atoms with Gasteiger partial charge in [0.2, 0.25) is 0 Å². The summed E-state index contributed by atoms with van der Waals surface area (Å²) in [7, 11) is 1.69. The molecule has 0 bridgehead atoms. The fourth-order valence-corrected chi connectivity index (χ4v) is 4.92. The van der Waals surface area contributed by atoms with Crippen molar-refractivity contribution in [3.63, 3.8) is 0 Å². The Balaban J connectivity index is 1.33. The first-order chi connectivity index (χ1) is 16.2. The van der Waals surface area contributed by atoms with Gasteiger partial charge in [0.05, 0.1) is 18.2 Å². The van der Waals surface area contributed by atoms with E-state index in [0.717, 1.165) is 93.1 Å². The predicted octanol–water partition coefficient (Wildman–Crippen LogP) is 4.19. The van der Waals surface area contributed by atoms with Crippen molar-refractivity contribution in [1.29, 1.82) is 0 Å². The third-order valence-electron chi connectivity index (χ3n) is 6.78. The number of pyridine rings is 1. The number of nitrogens with zero attached hydrogens (tertiary/aromatic N) is 4. The number of anilines is 1. The molecule has 6 heteroatoms. The van der Waals surface area contributed by atoms with Gasteiger partial charge in [-0.05, 0) is 49.1 Å². The molecule has 2 saturated heterocycles. The van der Waals surface area contributed by atoms with Gasteiger partial charge >= 0.3 is 0 Å². The van der Waals surface area contributed by atoms with E-state index >= 15 is 0 Å². The zero-order chi connectivity index (χ0) is 22.6. The van der Waals surface area contributed by atoms with E-state index in [-0.39, 0.29) is 5.91 Å². The van der Waals surface area contributed by atoms with Gasteiger partial charge in [-0.15, -0.1) is 0 Å². The van der Waals surface area contributed by atoms with E-state index < -0.39 is 0 Å². The number of hydrogen-bond acceptors (Lipinski definition) is 5. The molecular weight excluding hydrogens is 412 g/mol. The SMILES string of the molecule is COc1ccc(CN2CCCN(C(=O)c3cc4ccccc4nc3N3CCCC3)CC2)cc1. The molecule has 0 aliphatic carbocycles. The van der Waals surface area contributed by atoms with Crippen molar-refractivity contribution in [1.82, 2.24) is 14.8 Å². The second kappa shape index (κ2) is 9.79. The van der Waals surface area contributed by atoms with Gasteiger partial charge in [0.25, 0.3) is 5.91 Å². The molecule has 1 amide bonds. The van der Waals surface area contributed by atoms with Gasteiger partial charge in [0.15, 0.2) is 0 Å². The molecule has 6 nitrogen and oxygen atoms in total. The number of hydrogen-bond donors (Lipinski definition) is 0. The van der Waals surface area contributed by atoms with Crippen molar-refractivity contribution in [3.05, 3.63) is 65.7 Å². The normalized spacial score (nSPS) is 17.4. The summed E-state index contributed by atoms with van der Waals surface area (Å²) in [5.74, 6) is 1.85. The van der Waals surface area contributed by atoms with Gasteiger partial charge < -0.3 is 14.5 Å². The fourth-order valence-electron chi connectivity index (χ4n) is 4.92.